The highest BCUT2D eigenvalue weighted by atomic mass is 15.3. The van der Waals surface area contributed by atoms with Gasteiger partial charge in [0.25, 0.3) is 0 Å². The van der Waals surface area contributed by atoms with Crippen LogP contribution < -0.4 is 5.32 Å². The standard InChI is InChI=1S/C19H21N5/c1-2-9-20-15(4-1)19(12-18(13-19)7-3-8-18)14-22-16-5-6-17-21-10-11-24(17)23-16/h1-2,4-6,9-11H,3,7-8,12-14H2,(H,22,23). The molecule has 0 amide bonds. The summed E-state index contributed by atoms with van der Waals surface area (Å²) in [6.07, 6.45) is 12.2. The van der Waals surface area contributed by atoms with E-state index >= 15 is 0 Å². The molecule has 5 heteroatoms. The first-order valence-electron chi connectivity index (χ1n) is 8.73. The van der Waals surface area contributed by atoms with Crippen molar-refractivity contribution in [3.8, 4) is 0 Å². The van der Waals surface area contributed by atoms with E-state index in [1.807, 2.05) is 35.1 Å². The minimum Gasteiger partial charge on any atom is -0.368 e. The lowest BCUT2D eigenvalue weighted by Crippen LogP contribution is -2.56. The van der Waals surface area contributed by atoms with Crippen LogP contribution in [0.25, 0.3) is 5.65 Å². The molecule has 5 rings (SSSR count). The molecule has 2 fully saturated rings. The molecule has 0 atom stereocenters. The van der Waals surface area contributed by atoms with Crippen molar-refractivity contribution in [2.45, 2.75) is 37.5 Å². The number of fused-ring (bicyclic) bond motifs is 1. The first kappa shape index (κ1) is 14.0. The first-order valence-corrected chi connectivity index (χ1v) is 8.73. The minimum absolute atomic E-state index is 0.146. The molecule has 3 aromatic heterocycles. The van der Waals surface area contributed by atoms with Gasteiger partial charge in [-0.1, -0.05) is 12.5 Å². The Morgan fingerprint density at radius 2 is 1.96 bits per heavy atom. The number of hydrogen-bond donors (Lipinski definition) is 1. The maximum absolute atomic E-state index is 4.68. The molecule has 122 valence electrons. The smallest absolute Gasteiger partial charge is 0.153 e. The van der Waals surface area contributed by atoms with Gasteiger partial charge in [0.1, 0.15) is 5.82 Å². The second-order valence-corrected chi connectivity index (χ2v) is 7.50. The Balaban J connectivity index is 1.39. The number of nitrogens with zero attached hydrogens (tertiary/aromatic N) is 4. The van der Waals surface area contributed by atoms with Gasteiger partial charge in [-0.15, -0.1) is 5.10 Å². The normalized spacial score (nSPS) is 20.5. The van der Waals surface area contributed by atoms with Gasteiger partial charge in [0.05, 0.1) is 0 Å². The Kier molecular flexibility index (Phi) is 2.93. The second-order valence-electron chi connectivity index (χ2n) is 7.50. The van der Waals surface area contributed by atoms with Crippen LogP contribution >= 0.6 is 0 Å². The quantitative estimate of drug-likeness (QED) is 0.800. The van der Waals surface area contributed by atoms with Crippen LogP contribution in [-0.2, 0) is 5.41 Å². The van der Waals surface area contributed by atoms with Gasteiger partial charge in [0.2, 0.25) is 0 Å². The van der Waals surface area contributed by atoms with E-state index in [4.69, 9.17) is 0 Å². The molecule has 0 unspecified atom stereocenters. The van der Waals surface area contributed by atoms with Crippen LogP contribution in [-0.4, -0.2) is 26.1 Å². The summed E-state index contributed by atoms with van der Waals surface area (Å²) in [7, 11) is 0. The summed E-state index contributed by atoms with van der Waals surface area (Å²) in [5.74, 6) is 0.894. The van der Waals surface area contributed by atoms with Gasteiger partial charge in [-0.25, -0.2) is 9.50 Å². The van der Waals surface area contributed by atoms with Crippen LogP contribution in [0, 0.1) is 5.41 Å². The van der Waals surface area contributed by atoms with Crippen LogP contribution in [0.15, 0.2) is 48.9 Å². The molecule has 0 radical (unpaired) electrons. The van der Waals surface area contributed by atoms with E-state index in [0.29, 0.717) is 5.41 Å². The average molecular weight is 319 g/mol. The molecule has 0 saturated heterocycles. The van der Waals surface area contributed by atoms with Crippen molar-refractivity contribution >= 4 is 11.5 Å². The Labute approximate surface area is 141 Å². The third-order valence-electron chi connectivity index (χ3n) is 5.91. The molecule has 24 heavy (non-hydrogen) atoms. The number of imidazole rings is 1. The van der Waals surface area contributed by atoms with E-state index in [0.717, 1.165) is 18.0 Å². The van der Waals surface area contributed by atoms with Gasteiger partial charge in [-0.2, -0.15) is 0 Å². The monoisotopic (exact) mass is 319 g/mol. The Hall–Kier alpha value is -2.43. The van der Waals surface area contributed by atoms with Gasteiger partial charge in [0, 0.05) is 36.2 Å². The molecular weight excluding hydrogens is 298 g/mol. The van der Waals surface area contributed by atoms with Gasteiger partial charge < -0.3 is 5.32 Å². The molecule has 3 heterocycles. The van der Waals surface area contributed by atoms with Gasteiger partial charge in [0.15, 0.2) is 5.65 Å². The average Bonchev–Trinajstić information content (AvgIpc) is 3.01. The molecule has 0 aliphatic heterocycles. The van der Waals surface area contributed by atoms with Crippen LogP contribution in [0.1, 0.15) is 37.8 Å². The van der Waals surface area contributed by atoms with Crippen LogP contribution in [0.2, 0.25) is 0 Å². The largest absolute Gasteiger partial charge is 0.368 e. The lowest BCUT2D eigenvalue weighted by Gasteiger charge is -2.61. The summed E-state index contributed by atoms with van der Waals surface area (Å²) in [5, 5.41) is 8.14. The maximum Gasteiger partial charge on any atom is 0.153 e. The SMILES string of the molecule is c1ccc(C2(CNc3ccc4nccn4n3)CC3(CCC3)C2)nc1. The number of hydrogen-bond acceptors (Lipinski definition) is 4. The van der Waals surface area contributed by atoms with Crippen molar-refractivity contribution in [1.82, 2.24) is 19.6 Å². The molecule has 0 bridgehead atoms. The highest BCUT2D eigenvalue weighted by molar-refractivity contribution is 5.45. The fourth-order valence-electron chi connectivity index (χ4n) is 4.66. The number of nitrogens with one attached hydrogen (secondary N) is 1. The van der Waals surface area contributed by atoms with Gasteiger partial charge in [-0.05, 0) is 55.4 Å². The highest BCUT2D eigenvalue weighted by Gasteiger charge is 2.58. The van der Waals surface area contributed by atoms with Crippen LogP contribution in [0.5, 0.6) is 0 Å². The number of anilines is 1. The zero-order valence-electron chi connectivity index (χ0n) is 13.7. The summed E-state index contributed by atoms with van der Waals surface area (Å²) in [5.41, 5.74) is 2.84. The van der Waals surface area contributed by atoms with Crippen molar-refractivity contribution in [3.63, 3.8) is 0 Å². The Bertz CT molecular complexity index is 858. The molecule has 1 N–H and O–H groups in total. The minimum atomic E-state index is 0.146. The van der Waals surface area contributed by atoms with Crippen molar-refractivity contribution in [2.75, 3.05) is 11.9 Å². The lowest BCUT2D eigenvalue weighted by molar-refractivity contribution is -0.0446. The number of aromatic nitrogens is 4. The number of rotatable bonds is 4. The fraction of sp³-hybridized carbons (Fsp3) is 0.421. The first-order chi connectivity index (χ1) is 11.8. The summed E-state index contributed by atoms with van der Waals surface area (Å²) in [6.45, 7) is 0.888. The molecule has 5 nitrogen and oxygen atoms in total. The Morgan fingerprint density at radius 3 is 2.71 bits per heavy atom. The van der Waals surface area contributed by atoms with Crippen molar-refractivity contribution in [1.29, 1.82) is 0 Å². The number of pyridine rings is 1. The lowest BCUT2D eigenvalue weighted by atomic mass is 9.44. The van der Waals surface area contributed by atoms with E-state index in [2.05, 4.69) is 32.5 Å². The highest BCUT2D eigenvalue weighted by Crippen LogP contribution is 2.64. The third kappa shape index (κ3) is 2.11. The maximum atomic E-state index is 4.68. The fourth-order valence-corrected chi connectivity index (χ4v) is 4.66. The predicted octanol–water partition coefficient (Wildman–Crippen LogP) is 3.44. The van der Waals surface area contributed by atoms with Crippen molar-refractivity contribution in [2.24, 2.45) is 5.41 Å². The van der Waals surface area contributed by atoms with Gasteiger partial charge >= 0.3 is 0 Å². The summed E-state index contributed by atoms with van der Waals surface area (Å²) >= 11 is 0. The van der Waals surface area contributed by atoms with E-state index in [1.165, 1.54) is 37.8 Å². The zero-order chi connectivity index (χ0) is 16.0. The van der Waals surface area contributed by atoms with Crippen molar-refractivity contribution in [3.05, 3.63) is 54.6 Å². The van der Waals surface area contributed by atoms with Gasteiger partial charge in [-0.3, -0.25) is 4.98 Å². The molecule has 0 aromatic carbocycles. The molecule has 2 aliphatic rings. The topological polar surface area (TPSA) is 55.1 Å². The summed E-state index contributed by atoms with van der Waals surface area (Å²) in [4.78, 5) is 8.92. The molecule has 2 saturated carbocycles. The molecular formula is C19H21N5. The summed E-state index contributed by atoms with van der Waals surface area (Å²) < 4.78 is 1.81. The van der Waals surface area contributed by atoms with Crippen LogP contribution in [0.3, 0.4) is 0 Å². The summed E-state index contributed by atoms with van der Waals surface area (Å²) in [6, 6.07) is 10.3. The Morgan fingerprint density at radius 1 is 1.04 bits per heavy atom. The van der Waals surface area contributed by atoms with Crippen molar-refractivity contribution < 1.29 is 0 Å². The van der Waals surface area contributed by atoms with E-state index in [-0.39, 0.29) is 5.41 Å². The molecule has 1 spiro atoms. The molecule has 2 aliphatic carbocycles. The predicted molar refractivity (Wildman–Crippen MR) is 92.9 cm³/mol. The van der Waals surface area contributed by atoms with Crippen LogP contribution in [0.4, 0.5) is 5.82 Å². The molecule has 3 aromatic rings. The zero-order valence-corrected chi connectivity index (χ0v) is 13.7. The van der Waals surface area contributed by atoms with E-state index in [1.54, 1.807) is 6.20 Å². The second kappa shape index (κ2) is 5.03. The van der Waals surface area contributed by atoms with E-state index in [9.17, 15) is 0 Å². The third-order valence-corrected chi connectivity index (χ3v) is 5.91. The van der Waals surface area contributed by atoms with E-state index < -0.39 is 0 Å².